The number of hydrogen-bond donors (Lipinski definition) is 2. The fourth-order valence-electron chi connectivity index (χ4n) is 1.38. The number of carbonyl (C=O) groups excluding carboxylic acids is 1. The van der Waals surface area contributed by atoms with Crippen LogP contribution >= 0.6 is 11.6 Å². The molecule has 0 aliphatic carbocycles. The minimum atomic E-state index is -0.201. The smallest absolute Gasteiger partial charge is 0.253 e. The number of aromatic nitrogens is 1. The molecule has 0 saturated heterocycles. The minimum Gasteiger partial charge on any atom is -0.384 e. The van der Waals surface area contributed by atoms with Gasteiger partial charge in [-0.2, -0.15) is 0 Å². The standard InChI is InChI=1S/C11H16ClN3O/c1-3-7(4-2)15-11(16)8-5-10(13)14-6-9(8)12/h5-7H,3-4H2,1-2H3,(H2,13,14)(H,15,16). The van der Waals surface area contributed by atoms with Crippen molar-refractivity contribution in [3.8, 4) is 0 Å². The molecular weight excluding hydrogens is 226 g/mol. The van der Waals surface area contributed by atoms with E-state index in [-0.39, 0.29) is 11.9 Å². The number of pyridine rings is 1. The van der Waals surface area contributed by atoms with Crippen molar-refractivity contribution < 1.29 is 4.79 Å². The van der Waals surface area contributed by atoms with Gasteiger partial charge in [0.1, 0.15) is 5.82 Å². The molecule has 5 heteroatoms. The van der Waals surface area contributed by atoms with Gasteiger partial charge in [-0.05, 0) is 18.9 Å². The van der Waals surface area contributed by atoms with Crippen LogP contribution in [0.1, 0.15) is 37.0 Å². The average Bonchev–Trinajstić information content (AvgIpc) is 2.28. The lowest BCUT2D eigenvalue weighted by Gasteiger charge is -2.15. The Morgan fingerprint density at radius 3 is 2.75 bits per heavy atom. The first-order chi connectivity index (χ1) is 7.58. The van der Waals surface area contributed by atoms with Crippen LogP contribution in [0.3, 0.4) is 0 Å². The van der Waals surface area contributed by atoms with Crippen molar-refractivity contribution in [3.63, 3.8) is 0 Å². The van der Waals surface area contributed by atoms with Gasteiger partial charge in [-0.15, -0.1) is 0 Å². The van der Waals surface area contributed by atoms with Crippen molar-refractivity contribution in [1.29, 1.82) is 0 Å². The maximum atomic E-state index is 11.9. The lowest BCUT2D eigenvalue weighted by molar-refractivity contribution is 0.0935. The summed E-state index contributed by atoms with van der Waals surface area (Å²) < 4.78 is 0. The molecule has 0 fully saturated rings. The molecule has 0 aliphatic heterocycles. The van der Waals surface area contributed by atoms with E-state index in [0.717, 1.165) is 12.8 Å². The zero-order chi connectivity index (χ0) is 12.1. The van der Waals surface area contributed by atoms with Crippen molar-refractivity contribution in [2.45, 2.75) is 32.7 Å². The Hall–Kier alpha value is -1.29. The summed E-state index contributed by atoms with van der Waals surface area (Å²) in [5.41, 5.74) is 5.89. The van der Waals surface area contributed by atoms with Crippen molar-refractivity contribution >= 4 is 23.3 Å². The zero-order valence-electron chi connectivity index (χ0n) is 9.46. The van der Waals surface area contributed by atoms with Gasteiger partial charge in [0.15, 0.2) is 0 Å². The predicted octanol–water partition coefficient (Wildman–Crippen LogP) is 2.24. The fraction of sp³-hybridized carbons (Fsp3) is 0.455. The Balaban J connectivity index is 2.83. The van der Waals surface area contributed by atoms with Gasteiger partial charge in [0.05, 0.1) is 10.6 Å². The van der Waals surface area contributed by atoms with Gasteiger partial charge in [-0.25, -0.2) is 4.98 Å². The summed E-state index contributed by atoms with van der Waals surface area (Å²) in [7, 11) is 0. The normalized spacial score (nSPS) is 10.5. The largest absolute Gasteiger partial charge is 0.384 e. The quantitative estimate of drug-likeness (QED) is 0.850. The molecule has 4 nitrogen and oxygen atoms in total. The van der Waals surface area contributed by atoms with Crippen LogP contribution in [-0.2, 0) is 0 Å². The first-order valence-corrected chi connectivity index (χ1v) is 5.68. The van der Waals surface area contributed by atoms with E-state index >= 15 is 0 Å². The van der Waals surface area contributed by atoms with Gasteiger partial charge in [-0.3, -0.25) is 4.79 Å². The first kappa shape index (κ1) is 12.8. The monoisotopic (exact) mass is 241 g/mol. The lowest BCUT2D eigenvalue weighted by atomic mass is 10.1. The van der Waals surface area contributed by atoms with E-state index in [0.29, 0.717) is 16.4 Å². The maximum Gasteiger partial charge on any atom is 0.253 e. The van der Waals surface area contributed by atoms with E-state index in [9.17, 15) is 4.79 Å². The molecule has 88 valence electrons. The van der Waals surface area contributed by atoms with E-state index in [1.54, 1.807) is 0 Å². The summed E-state index contributed by atoms with van der Waals surface area (Å²) in [5, 5.41) is 3.21. The van der Waals surface area contributed by atoms with Crippen LogP contribution in [-0.4, -0.2) is 16.9 Å². The molecule has 3 N–H and O–H groups in total. The summed E-state index contributed by atoms with van der Waals surface area (Å²) in [4.78, 5) is 15.7. The van der Waals surface area contributed by atoms with Crippen molar-refractivity contribution in [2.24, 2.45) is 0 Å². The molecule has 0 spiro atoms. The summed E-state index contributed by atoms with van der Waals surface area (Å²) in [6.45, 7) is 4.05. The predicted molar refractivity (Wildman–Crippen MR) is 65.5 cm³/mol. The SMILES string of the molecule is CCC(CC)NC(=O)c1cc(N)ncc1Cl. The van der Waals surface area contributed by atoms with Crippen LogP contribution in [0.2, 0.25) is 5.02 Å². The number of nitrogens with one attached hydrogen (secondary N) is 1. The highest BCUT2D eigenvalue weighted by molar-refractivity contribution is 6.33. The van der Waals surface area contributed by atoms with Crippen LogP contribution in [0, 0.1) is 0 Å². The second-order valence-corrected chi connectivity index (χ2v) is 3.98. The van der Waals surface area contributed by atoms with Crippen LogP contribution in [0.5, 0.6) is 0 Å². The van der Waals surface area contributed by atoms with Gasteiger partial charge < -0.3 is 11.1 Å². The summed E-state index contributed by atoms with van der Waals surface area (Å²) in [6, 6.07) is 1.65. The summed E-state index contributed by atoms with van der Waals surface area (Å²) >= 11 is 5.88. The van der Waals surface area contributed by atoms with Crippen molar-refractivity contribution in [2.75, 3.05) is 5.73 Å². The molecule has 0 aliphatic rings. The summed E-state index contributed by atoms with van der Waals surface area (Å²) in [5.74, 6) is 0.0897. The number of halogens is 1. The minimum absolute atomic E-state index is 0.165. The third-order valence-corrected chi connectivity index (χ3v) is 2.74. The highest BCUT2D eigenvalue weighted by Crippen LogP contribution is 2.16. The van der Waals surface area contributed by atoms with Crippen LogP contribution in [0.4, 0.5) is 5.82 Å². The van der Waals surface area contributed by atoms with E-state index in [1.165, 1.54) is 12.3 Å². The molecule has 1 aromatic heterocycles. The number of nitrogen functional groups attached to an aromatic ring is 1. The Labute approximate surface area is 100 Å². The Kier molecular flexibility index (Phi) is 4.55. The molecule has 1 aromatic rings. The van der Waals surface area contributed by atoms with Crippen molar-refractivity contribution in [1.82, 2.24) is 10.3 Å². The number of anilines is 1. The van der Waals surface area contributed by atoms with E-state index in [1.807, 2.05) is 13.8 Å². The molecule has 1 amide bonds. The molecular formula is C11H16ClN3O. The average molecular weight is 242 g/mol. The van der Waals surface area contributed by atoms with Gasteiger partial charge >= 0.3 is 0 Å². The van der Waals surface area contributed by atoms with Gasteiger partial charge in [-0.1, -0.05) is 25.4 Å². The lowest BCUT2D eigenvalue weighted by Crippen LogP contribution is -2.34. The number of nitrogens with zero attached hydrogens (tertiary/aromatic N) is 1. The molecule has 1 rings (SSSR count). The molecule has 0 aromatic carbocycles. The third-order valence-electron chi connectivity index (χ3n) is 2.44. The van der Waals surface area contributed by atoms with Gasteiger partial charge in [0, 0.05) is 12.2 Å². The van der Waals surface area contributed by atoms with E-state index < -0.39 is 0 Å². The molecule has 0 radical (unpaired) electrons. The number of hydrogen-bond acceptors (Lipinski definition) is 3. The molecule has 0 unspecified atom stereocenters. The molecule has 0 bridgehead atoms. The van der Waals surface area contributed by atoms with Crippen LogP contribution in [0.15, 0.2) is 12.3 Å². The molecule has 1 heterocycles. The maximum absolute atomic E-state index is 11.9. The third kappa shape index (κ3) is 3.10. The zero-order valence-corrected chi connectivity index (χ0v) is 10.2. The van der Waals surface area contributed by atoms with Gasteiger partial charge in [0.25, 0.3) is 5.91 Å². The number of rotatable bonds is 4. The van der Waals surface area contributed by atoms with Crippen LogP contribution in [0.25, 0.3) is 0 Å². The Morgan fingerprint density at radius 1 is 1.56 bits per heavy atom. The summed E-state index contributed by atoms with van der Waals surface area (Å²) in [6.07, 6.45) is 3.17. The molecule has 16 heavy (non-hydrogen) atoms. The molecule has 0 saturated carbocycles. The van der Waals surface area contributed by atoms with E-state index in [2.05, 4.69) is 10.3 Å². The second kappa shape index (κ2) is 5.70. The Morgan fingerprint density at radius 2 is 2.19 bits per heavy atom. The fourth-order valence-corrected chi connectivity index (χ4v) is 1.57. The Bertz CT molecular complexity index is 377. The second-order valence-electron chi connectivity index (χ2n) is 3.58. The molecule has 0 atom stereocenters. The number of nitrogens with two attached hydrogens (primary N) is 1. The highest BCUT2D eigenvalue weighted by atomic mass is 35.5. The van der Waals surface area contributed by atoms with Gasteiger partial charge in [0.2, 0.25) is 0 Å². The van der Waals surface area contributed by atoms with Crippen molar-refractivity contribution in [3.05, 3.63) is 22.8 Å². The number of amides is 1. The van der Waals surface area contributed by atoms with E-state index in [4.69, 9.17) is 17.3 Å². The topological polar surface area (TPSA) is 68.0 Å². The van der Waals surface area contributed by atoms with Crippen LogP contribution < -0.4 is 11.1 Å². The highest BCUT2D eigenvalue weighted by Gasteiger charge is 2.14. The number of carbonyl (C=O) groups is 1. The first-order valence-electron chi connectivity index (χ1n) is 5.30.